The molecule has 36 heavy (non-hydrogen) atoms. The fourth-order valence-corrected chi connectivity index (χ4v) is 5.58. The molecule has 2 heterocycles. The number of anilines is 2. The summed E-state index contributed by atoms with van der Waals surface area (Å²) in [4.78, 5) is 13.2. The van der Waals surface area contributed by atoms with Gasteiger partial charge in [0.1, 0.15) is 0 Å². The molecular formula is C25H22F3N5O2S. The number of hydrogen-bond donors (Lipinski definition) is 2. The molecule has 1 aliphatic carbocycles. The van der Waals surface area contributed by atoms with Crippen LogP contribution < -0.4 is 10.0 Å². The molecule has 1 unspecified atom stereocenters. The molecule has 7 nitrogen and oxygen atoms in total. The van der Waals surface area contributed by atoms with Crippen LogP contribution in [0.3, 0.4) is 0 Å². The molecule has 2 aromatic carbocycles. The predicted molar refractivity (Wildman–Crippen MR) is 133 cm³/mol. The molecule has 5 rings (SSSR count). The molecule has 2 N–H and O–H groups in total. The van der Waals surface area contributed by atoms with E-state index in [0.717, 1.165) is 58.3 Å². The molecule has 0 saturated heterocycles. The van der Waals surface area contributed by atoms with Gasteiger partial charge in [0.15, 0.2) is 0 Å². The van der Waals surface area contributed by atoms with E-state index < -0.39 is 26.7 Å². The average molecular weight is 514 g/mol. The van der Waals surface area contributed by atoms with E-state index >= 15 is 0 Å². The first kappa shape index (κ1) is 24.0. The van der Waals surface area contributed by atoms with Crippen molar-refractivity contribution >= 4 is 39.0 Å². The molecule has 11 heteroatoms. The van der Waals surface area contributed by atoms with Gasteiger partial charge in [-0.05, 0) is 60.9 Å². The number of aromatic nitrogens is 2. The van der Waals surface area contributed by atoms with Crippen LogP contribution in [0.15, 0.2) is 58.5 Å². The highest BCUT2D eigenvalue weighted by atomic mass is 32.2. The van der Waals surface area contributed by atoms with Crippen molar-refractivity contribution in [1.29, 1.82) is 0 Å². The summed E-state index contributed by atoms with van der Waals surface area (Å²) >= 11 is 0. The molecule has 0 fully saturated rings. The van der Waals surface area contributed by atoms with Crippen LogP contribution in [-0.2, 0) is 16.2 Å². The van der Waals surface area contributed by atoms with Crippen LogP contribution in [-0.4, -0.2) is 37.7 Å². The average Bonchev–Trinajstić information content (AvgIpc) is 3.34. The Kier molecular flexibility index (Phi) is 5.82. The number of sulfonamides is 1. The first-order valence-electron chi connectivity index (χ1n) is 11.2. The van der Waals surface area contributed by atoms with E-state index in [1.54, 1.807) is 31.4 Å². The number of aliphatic imine (C=N–C) groups is 1. The Morgan fingerprint density at radius 3 is 2.67 bits per heavy atom. The molecule has 1 aliphatic heterocycles. The van der Waals surface area contributed by atoms with E-state index in [9.17, 15) is 21.6 Å². The Labute approximate surface area is 206 Å². The lowest BCUT2D eigenvalue weighted by Gasteiger charge is -2.24. The van der Waals surface area contributed by atoms with E-state index in [2.05, 4.69) is 20.0 Å². The molecule has 1 atom stereocenters. The molecule has 186 valence electrons. The third kappa shape index (κ3) is 4.34. The molecule has 3 aromatic rings. The Morgan fingerprint density at radius 2 is 1.92 bits per heavy atom. The minimum absolute atomic E-state index is 0.0000405. The minimum Gasteiger partial charge on any atom is -0.357 e. The number of alkyl halides is 3. The summed E-state index contributed by atoms with van der Waals surface area (Å²) < 4.78 is 67.5. The summed E-state index contributed by atoms with van der Waals surface area (Å²) in [5.74, 6) is 0.527. The highest BCUT2D eigenvalue weighted by molar-refractivity contribution is 7.92. The normalized spacial score (nSPS) is 17.1. The van der Waals surface area contributed by atoms with Crippen LogP contribution in [0.25, 0.3) is 11.6 Å². The van der Waals surface area contributed by atoms with Crippen molar-refractivity contribution in [2.24, 2.45) is 4.99 Å². The smallest absolute Gasteiger partial charge is 0.357 e. The number of rotatable bonds is 5. The molecule has 0 radical (unpaired) electrons. The lowest BCUT2D eigenvalue weighted by molar-refractivity contribution is -0.137. The van der Waals surface area contributed by atoms with Gasteiger partial charge >= 0.3 is 6.18 Å². The molecule has 0 amide bonds. The van der Waals surface area contributed by atoms with Gasteiger partial charge in [-0.1, -0.05) is 12.1 Å². The maximum absolute atomic E-state index is 13.1. The Balaban J connectivity index is 1.53. The number of halogens is 3. The van der Waals surface area contributed by atoms with E-state index in [4.69, 9.17) is 4.99 Å². The first-order valence-corrected chi connectivity index (χ1v) is 12.7. The second kappa shape index (κ2) is 8.74. The van der Waals surface area contributed by atoms with E-state index in [0.29, 0.717) is 18.6 Å². The maximum Gasteiger partial charge on any atom is 0.416 e. The zero-order chi connectivity index (χ0) is 25.7. The minimum atomic E-state index is -4.65. The van der Waals surface area contributed by atoms with Gasteiger partial charge in [-0.3, -0.25) is 9.71 Å². The van der Waals surface area contributed by atoms with Gasteiger partial charge in [0.05, 0.1) is 21.9 Å². The van der Waals surface area contributed by atoms with Crippen molar-refractivity contribution in [3.8, 4) is 0 Å². The van der Waals surface area contributed by atoms with Crippen molar-refractivity contribution in [2.45, 2.75) is 30.3 Å². The lowest BCUT2D eigenvalue weighted by Crippen LogP contribution is -2.19. The topological polar surface area (TPSA) is 96.3 Å². The third-order valence-electron chi connectivity index (χ3n) is 6.26. The van der Waals surface area contributed by atoms with Crippen LogP contribution >= 0.6 is 0 Å². The van der Waals surface area contributed by atoms with Crippen LogP contribution in [0, 0.1) is 6.92 Å². The van der Waals surface area contributed by atoms with Gasteiger partial charge in [0.2, 0.25) is 5.95 Å². The largest absolute Gasteiger partial charge is 0.416 e. The van der Waals surface area contributed by atoms with E-state index in [-0.39, 0.29) is 11.6 Å². The molecular weight excluding hydrogens is 491 g/mol. The molecule has 0 bridgehead atoms. The quantitative estimate of drug-likeness (QED) is 0.493. The summed E-state index contributed by atoms with van der Waals surface area (Å²) in [6.45, 7) is 2.55. The number of hydrogen-bond acceptors (Lipinski definition) is 6. The SMILES string of the molecule is CNc1ncc2c(n1)C1CCN=C1C(c1cc(NS(=O)(=O)c3cccc(C(F)(F)F)c3)ccc1C)=C2. The Morgan fingerprint density at radius 1 is 1.11 bits per heavy atom. The molecule has 0 spiro atoms. The fraction of sp³-hybridized carbons (Fsp3) is 0.240. The Hall–Kier alpha value is -3.73. The van der Waals surface area contributed by atoms with Crippen molar-refractivity contribution < 1.29 is 21.6 Å². The van der Waals surface area contributed by atoms with Crippen LogP contribution in [0.4, 0.5) is 24.8 Å². The summed E-state index contributed by atoms with van der Waals surface area (Å²) in [6, 6.07) is 8.68. The van der Waals surface area contributed by atoms with Crippen molar-refractivity contribution in [3.63, 3.8) is 0 Å². The standard InChI is InChI=1S/C25H22F3N5O2S/c1-14-6-7-17(33-36(34,35)18-5-3-4-16(11-18)25(26,27)28)12-20(14)21-10-15-13-31-24(29-2)32-22(15)19-8-9-30-23(19)21/h3-7,10-13,19,33H,8-9H2,1-2H3,(H,29,31,32). The van der Waals surface area contributed by atoms with Gasteiger partial charge in [-0.15, -0.1) is 0 Å². The number of nitrogens with zero attached hydrogens (tertiary/aromatic N) is 3. The number of nitrogens with one attached hydrogen (secondary N) is 2. The first-order chi connectivity index (χ1) is 17.1. The second-order valence-electron chi connectivity index (χ2n) is 8.61. The van der Waals surface area contributed by atoms with Gasteiger partial charge in [0, 0.05) is 42.5 Å². The highest BCUT2D eigenvalue weighted by Gasteiger charge is 2.34. The third-order valence-corrected chi connectivity index (χ3v) is 7.64. The van der Waals surface area contributed by atoms with Gasteiger partial charge in [0.25, 0.3) is 10.0 Å². The van der Waals surface area contributed by atoms with Crippen molar-refractivity contribution in [2.75, 3.05) is 23.6 Å². The zero-order valence-electron chi connectivity index (χ0n) is 19.4. The predicted octanol–water partition coefficient (Wildman–Crippen LogP) is 5.13. The second-order valence-corrected chi connectivity index (χ2v) is 10.3. The monoisotopic (exact) mass is 513 g/mol. The van der Waals surface area contributed by atoms with Crippen LogP contribution in [0.1, 0.15) is 40.3 Å². The zero-order valence-corrected chi connectivity index (χ0v) is 20.2. The van der Waals surface area contributed by atoms with E-state index in [1.165, 1.54) is 0 Å². The highest BCUT2D eigenvalue weighted by Crippen LogP contribution is 2.41. The van der Waals surface area contributed by atoms with Crippen LogP contribution in [0.5, 0.6) is 0 Å². The molecule has 1 aromatic heterocycles. The number of fused-ring (bicyclic) bond motifs is 3. The number of aryl methyl sites for hydroxylation is 1. The molecule has 2 aliphatic rings. The van der Waals surface area contributed by atoms with Crippen LogP contribution in [0.2, 0.25) is 0 Å². The fourth-order valence-electron chi connectivity index (χ4n) is 4.49. The Bertz CT molecular complexity index is 1530. The summed E-state index contributed by atoms with van der Waals surface area (Å²) in [7, 11) is -2.50. The van der Waals surface area contributed by atoms with Gasteiger partial charge < -0.3 is 5.32 Å². The van der Waals surface area contributed by atoms with Gasteiger partial charge in [-0.25, -0.2) is 18.4 Å². The van der Waals surface area contributed by atoms with Gasteiger partial charge in [-0.2, -0.15) is 13.2 Å². The number of allylic oxidation sites excluding steroid dienone is 1. The van der Waals surface area contributed by atoms with E-state index in [1.807, 2.05) is 13.0 Å². The summed E-state index contributed by atoms with van der Waals surface area (Å²) in [5.41, 5.74) is 4.36. The van der Waals surface area contributed by atoms with Crippen molar-refractivity contribution in [1.82, 2.24) is 9.97 Å². The maximum atomic E-state index is 13.1. The summed E-state index contributed by atoms with van der Waals surface area (Å²) in [5, 5.41) is 2.95. The lowest BCUT2D eigenvalue weighted by atomic mass is 9.81. The molecule has 0 saturated carbocycles. The summed E-state index contributed by atoms with van der Waals surface area (Å²) in [6.07, 6.45) is -0.148. The number of benzene rings is 2. The van der Waals surface area contributed by atoms with Crippen molar-refractivity contribution in [3.05, 3.63) is 76.6 Å².